The highest BCUT2D eigenvalue weighted by atomic mass is 19.4. The molecule has 15 heteroatoms. The van der Waals surface area contributed by atoms with Crippen LogP contribution in [-0.4, -0.2) is 57.8 Å². The van der Waals surface area contributed by atoms with Crippen molar-refractivity contribution < 1.29 is 51.9 Å². The van der Waals surface area contributed by atoms with Gasteiger partial charge in [0.2, 0.25) is 11.2 Å². The summed E-state index contributed by atoms with van der Waals surface area (Å²) in [5, 5.41) is 56.1. The number of aromatic nitrogens is 4. The third-order valence-electron chi connectivity index (χ3n) is 11.0. The fourth-order valence-electron chi connectivity index (χ4n) is 8.29. The van der Waals surface area contributed by atoms with E-state index >= 15 is 26.3 Å². The van der Waals surface area contributed by atoms with Gasteiger partial charge in [-0.3, -0.25) is 0 Å². The zero-order valence-corrected chi connectivity index (χ0v) is 32.1. The highest BCUT2D eigenvalue weighted by molar-refractivity contribution is 5.98. The molecule has 2 atom stereocenters. The van der Waals surface area contributed by atoms with Crippen molar-refractivity contribution in [1.82, 2.24) is 19.9 Å². The number of aromatic amines is 2. The number of aromatic hydroxyl groups is 3. The number of hydrogen-bond acceptors (Lipinski definition) is 7. The van der Waals surface area contributed by atoms with Crippen LogP contribution in [0.15, 0.2) is 121 Å². The minimum absolute atomic E-state index is 0.0919. The zero-order chi connectivity index (χ0) is 43.9. The first kappa shape index (κ1) is 40.1. The number of rotatable bonds is 4. The van der Waals surface area contributed by atoms with E-state index in [2.05, 4.69) is 15.0 Å². The Morgan fingerprint density at radius 3 is 1.15 bits per heavy atom. The van der Waals surface area contributed by atoms with Crippen LogP contribution < -0.4 is 0 Å². The minimum Gasteiger partial charge on any atom is -0.508 e. The van der Waals surface area contributed by atoms with Gasteiger partial charge in [-0.25, -0.2) is 9.97 Å². The quantitative estimate of drug-likeness (QED) is 0.0869. The van der Waals surface area contributed by atoms with Crippen molar-refractivity contribution >= 4 is 34.2 Å². The Hall–Kier alpha value is -7.36. The lowest BCUT2D eigenvalue weighted by Gasteiger charge is -2.40. The number of phenols is 3. The molecule has 0 spiro atoms. The fraction of sp³-hybridized carbons (Fsp3) is 0.106. The van der Waals surface area contributed by atoms with Gasteiger partial charge in [-0.1, -0.05) is 66.2 Å². The zero-order valence-electron chi connectivity index (χ0n) is 32.1. The SMILES string of the molecule is Cc1cccc(-c2c3nc(c(-c4cccc(O)c4)c4ccc([nH]4)c(-c4cccc(O)c4)c4nc(c(-c5cccc(O)c5)c5ccc2[nH]5)C=C4)C(O)(C(F)(F)F)C3(O)C(F)(F)F)c1. The summed E-state index contributed by atoms with van der Waals surface area (Å²) in [5.41, 5.74) is -13.1. The predicted molar refractivity (Wildman–Crippen MR) is 221 cm³/mol. The number of H-pyrrole nitrogens is 2. The van der Waals surface area contributed by atoms with E-state index in [4.69, 9.17) is 4.98 Å². The molecule has 62 heavy (non-hydrogen) atoms. The monoisotopic (exact) mass is 846 g/mol. The maximum absolute atomic E-state index is 15.9. The molecule has 7 aromatic rings. The number of nitrogens with zero attached hydrogens (tertiary/aromatic N) is 2. The summed E-state index contributed by atoms with van der Waals surface area (Å²) >= 11 is 0. The number of aliphatic hydroxyl groups is 2. The van der Waals surface area contributed by atoms with Crippen LogP contribution in [0.2, 0.25) is 0 Å². The van der Waals surface area contributed by atoms with E-state index < -0.39 is 51.8 Å². The van der Waals surface area contributed by atoms with Crippen LogP contribution in [0.5, 0.6) is 17.2 Å². The average molecular weight is 847 g/mol. The third kappa shape index (κ3) is 6.19. The molecule has 2 aliphatic heterocycles. The number of fused-ring (bicyclic) bond motifs is 8. The Labute approximate surface area is 347 Å². The van der Waals surface area contributed by atoms with Gasteiger partial charge in [0.25, 0.3) is 0 Å². The van der Waals surface area contributed by atoms with Crippen molar-refractivity contribution in [3.8, 4) is 61.8 Å². The van der Waals surface area contributed by atoms with Gasteiger partial charge in [0.15, 0.2) is 0 Å². The van der Waals surface area contributed by atoms with Crippen molar-refractivity contribution in [2.75, 3.05) is 0 Å². The van der Waals surface area contributed by atoms with Crippen molar-refractivity contribution in [2.24, 2.45) is 0 Å². The maximum atomic E-state index is 15.9. The van der Waals surface area contributed by atoms with Gasteiger partial charge in [-0.2, -0.15) is 26.3 Å². The van der Waals surface area contributed by atoms with Crippen LogP contribution in [0.1, 0.15) is 28.3 Å². The summed E-state index contributed by atoms with van der Waals surface area (Å²) in [6.45, 7) is 1.61. The van der Waals surface area contributed by atoms with E-state index in [0.717, 1.165) is 6.07 Å². The molecule has 0 saturated carbocycles. The highest BCUT2D eigenvalue weighted by Crippen LogP contribution is 2.62. The number of halogens is 6. The van der Waals surface area contributed by atoms with Gasteiger partial charge in [0.1, 0.15) is 17.2 Å². The molecular weight excluding hydrogens is 815 g/mol. The number of hydrogen-bond donors (Lipinski definition) is 7. The highest BCUT2D eigenvalue weighted by Gasteiger charge is 2.82. The molecule has 8 bridgehead atoms. The molecule has 312 valence electrons. The van der Waals surface area contributed by atoms with Gasteiger partial charge < -0.3 is 35.5 Å². The van der Waals surface area contributed by atoms with Crippen LogP contribution in [0, 0.1) is 6.92 Å². The van der Waals surface area contributed by atoms with Crippen molar-refractivity contribution in [3.05, 3.63) is 150 Å². The van der Waals surface area contributed by atoms with E-state index in [1.54, 1.807) is 49.4 Å². The van der Waals surface area contributed by atoms with Gasteiger partial charge in [0, 0.05) is 44.3 Å². The van der Waals surface area contributed by atoms with Crippen molar-refractivity contribution in [2.45, 2.75) is 30.5 Å². The molecule has 0 aliphatic carbocycles. The molecule has 0 amide bonds. The van der Waals surface area contributed by atoms with Crippen LogP contribution in [-0.2, 0) is 11.2 Å². The molecule has 0 fully saturated rings. The van der Waals surface area contributed by atoms with E-state index in [0.29, 0.717) is 27.9 Å². The summed E-state index contributed by atoms with van der Waals surface area (Å²) in [7, 11) is 0. The minimum atomic E-state index is -6.26. The molecule has 9 rings (SSSR count). The summed E-state index contributed by atoms with van der Waals surface area (Å²) in [4.78, 5) is 15.1. The first-order valence-electron chi connectivity index (χ1n) is 18.9. The Balaban J connectivity index is 1.61. The summed E-state index contributed by atoms with van der Waals surface area (Å²) in [6.07, 6.45) is -9.18. The van der Waals surface area contributed by atoms with Gasteiger partial charge in [0.05, 0.1) is 22.8 Å². The topological polar surface area (TPSA) is 159 Å². The first-order valence-corrected chi connectivity index (χ1v) is 18.9. The molecule has 0 saturated heterocycles. The molecule has 0 radical (unpaired) electrons. The summed E-state index contributed by atoms with van der Waals surface area (Å²) in [6, 6.07) is 28.0. The van der Waals surface area contributed by atoms with Gasteiger partial charge in [-0.05, 0) is 102 Å². The van der Waals surface area contributed by atoms with Crippen LogP contribution in [0.25, 0.3) is 78.7 Å². The predicted octanol–water partition coefficient (Wildman–Crippen LogP) is 10.8. The Bertz CT molecular complexity index is 2970. The standard InChI is InChI=1S/C47H32F6N4O5/c1-24-6-2-7-25(20-24)40-36-18-16-34(55-36)38(26-8-3-11-29(58)21-26)32-14-15-33(54-32)39(27-9-4-12-30(59)22-27)35-17-19-37(56-35)41(28-10-5-13-31(60)23-28)43-45(62,47(51,52)53)44(61,42(40)57-43)46(48,49)50/h2-23,55-56,58-62H,1H3. The Kier molecular flexibility index (Phi) is 9.12. The molecule has 2 unspecified atom stereocenters. The first-order chi connectivity index (χ1) is 29.4. The normalized spacial score (nSPS) is 17.7. The lowest BCUT2D eigenvalue weighted by molar-refractivity contribution is -0.394. The van der Waals surface area contributed by atoms with Crippen LogP contribution in [0.3, 0.4) is 0 Å². The van der Waals surface area contributed by atoms with E-state index in [1.807, 2.05) is 0 Å². The number of benzene rings is 4. The lowest BCUT2D eigenvalue weighted by atomic mass is 9.75. The average Bonchev–Trinajstić information content (AvgIpc) is 4.02. The second-order valence-electron chi connectivity index (χ2n) is 15.0. The van der Waals surface area contributed by atoms with Crippen molar-refractivity contribution in [1.29, 1.82) is 0 Å². The maximum Gasteiger partial charge on any atom is 0.426 e. The molecule has 5 heterocycles. The van der Waals surface area contributed by atoms with E-state index in [1.165, 1.54) is 84.9 Å². The third-order valence-corrected chi connectivity index (χ3v) is 11.0. The number of alkyl halides is 6. The van der Waals surface area contributed by atoms with E-state index in [-0.39, 0.29) is 56.0 Å². The smallest absolute Gasteiger partial charge is 0.426 e. The second-order valence-corrected chi connectivity index (χ2v) is 15.0. The number of phenolic OH excluding ortho intramolecular Hbond substituents is 3. The van der Waals surface area contributed by atoms with E-state index in [9.17, 15) is 25.5 Å². The largest absolute Gasteiger partial charge is 0.508 e. The summed E-state index contributed by atoms with van der Waals surface area (Å²) < 4.78 is 95.5. The molecule has 4 aromatic carbocycles. The molecule has 2 aliphatic rings. The lowest BCUT2D eigenvalue weighted by Crippen LogP contribution is -2.63. The Morgan fingerprint density at radius 1 is 0.452 bits per heavy atom. The Morgan fingerprint density at radius 2 is 0.790 bits per heavy atom. The molecule has 9 nitrogen and oxygen atoms in total. The number of aryl methyl sites for hydroxylation is 1. The molecular formula is C47H32F6N4O5. The summed E-state index contributed by atoms with van der Waals surface area (Å²) in [5.74, 6) is -0.768. The second kappa shape index (κ2) is 14.1. The molecule has 3 aromatic heterocycles. The fourth-order valence-corrected chi connectivity index (χ4v) is 8.29. The van der Waals surface area contributed by atoms with Gasteiger partial charge >= 0.3 is 12.4 Å². The van der Waals surface area contributed by atoms with Crippen LogP contribution >= 0.6 is 0 Å². The van der Waals surface area contributed by atoms with Gasteiger partial charge in [-0.15, -0.1) is 0 Å². The number of nitrogens with one attached hydrogen (secondary N) is 2. The van der Waals surface area contributed by atoms with Crippen LogP contribution in [0.4, 0.5) is 26.3 Å². The molecule has 7 N–H and O–H groups in total. The van der Waals surface area contributed by atoms with Crippen molar-refractivity contribution in [3.63, 3.8) is 0 Å².